The van der Waals surface area contributed by atoms with Crippen LogP contribution in [0.2, 0.25) is 0 Å². The van der Waals surface area contributed by atoms with E-state index in [4.69, 9.17) is 9.84 Å². The Morgan fingerprint density at radius 3 is 2.38 bits per heavy atom. The van der Waals surface area contributed by atoms with Crippen molar-refractivity contribution < 1.29 is 23.1 Å². The van der Waals surface area contributed by atoms with Crippen LogP contribution in [0.1, 0.15) is 5.56 Å². The third-order valence-corrected chi connectivity index (χ3v) is 5.40. The molecular formula is C18H22N2O5S. The Hall–Kier alpha value is -2.42. The summed E-state index contributed by atoms with van der Waals surface area (Å²) in [7, 11) is -2.10. The molecule has 0 spiro atoms. The van der Waals surface area contributed by atoms with Gasteiger partial charge in [-0.2, -0.15) is 4.31 Å². The predicted molar refractivity (Wildman–Crippen MR) is 97.1 cm³/mol. The first-order valence-corrected chi connectivity index (χ1v) is 9.48. The fraction of sp³-hybridized carbons (Fsp3) is 0.278. The number of carbonyl (C=O) groups is 1. The fourth-order valence-electron chi connectivity index (χ4n) is 2.21. The second-order valence-corrected chi connectivity index (χ2v) is 7.63. The summed E-state index contributed by atoms with van der Waals surface area (Å²) in [4.78, 5) is 11.6. The van der Waals surface area contributed by atoms with Crippen LogP contribution >= 0.6 is 0 Å². The van der Waals surface area contributed by atoms with Crippen LogP contribution in [-0.2, 0) is 21.4 Å². The molecule has 0 aromatic heterocycles. The van der Waals surface area contributed by atoms with Gasteiger partial charge in [-0.15, -0.1) is 0 Å². The lowest BCUT2D eigenvalue weighted by molar-refractivity contribution is -0.123. The summed E-state index contributed by atoms with van der Waals surface area (Å²) in [6.07, 6.45) is 0. The van der Waals surface area contributed by atoms with Gasteiger partial charge in [0.15, 0.2) is 6.61 Å². The monoisotopic (exact) mass is 378 g/mol. The molecule has 0 unspecified atom stereocenters. The number of hydrogen-bond donors (Lipinski definition) is 2. The van der Waals surface area contributed by atoms with E-state index in [1.807, 2.05) is 30.3 Å². The summed E-state index contributed by atoms with van der Waals surface area (Å²) in [5.41, 5.74) is 0.896. The molecule has 2 N–H and O–H groups in total. The van der Waals surface area contributed by atoms with E-state index in [1.54, 1.807) is 0 Å². The van der Waals surface area contributed by atoms with Crippen LogP contribution in [0.3, 0.4) is 0 Å². The van der Waals surface area contributed by atoms with E-state index in [9.17, 15) is 13.2 Å². The number of carbonyl (C=O) groups excluding carboxylic acids is 1. The van der Waals surface area contributed by atoms with E-state index in [0.717, 1.165) is 5.56 Å². The van der Waals surface area contributed by atoms with Gasteiger partial charge in [-0.1, -0.05) is 30.3 Å². The van der Waals surface area contributed by atoms with Gasteiger partial charge in [0.1, 0.15) is 5.75 Å². The number of aliphatic hydroxyl groups is 1. The van der Waals surface area contributed by atoms with Gasteiger partial charge < -0.3 is 15.2 Å². The van der Waals surface area contributed by atoms with Crippen molar-refractivity contribution in [2.75, 3.05) is 26.8 Å². The number of rotatable bonds is 9. The maximum absolute atomic E-state index is 12.6. The molecule has 7 nitrogen and oxygen atoms in total. The first kappa shape index (κ1) is 19.9. The number of sulfonamides is 1. The fourth-order valence-corrected chi connectivity index (χ4v) is 3.37. The van der Waals surface area contributed by atoms with Crippen molar-refractivity contribution in [1.29, 1.82) is 0 Å². The van der Waals surface area contributed by atoms with Crippen molar-refractivity contribution in [3.63, 3.8) is 0 Å². The van der Waals surface area contributed by atoms with E-state index in [1.165, 1.54) is 35.6 Å². The molecule has 2 aromatic carbocycles. The van der Waals surface area contributed by atoms with Gasteiger partial charge in [0, 0.05) is 20.1 Å². The molecule has 0 saturated carbocycles. The lowest BCUT2D eigenvalue weighted by Gasteiger charge is -2.17. The van der Waals surface area contributed by atoms with E-state index in [-0.39, 0.29) is 37.1 Å². The molecule has 26 heavy (non-hydrogen) atoms. The highest BCUT2D eigenvalue weighted by Crippen LogP contribution is 2.20. The van der Waals surface area contributed by atoms with Gasteiger partial charge in [-0.25, -0.2) is 8.42 Å². The second kappa shape index (κ2) is 9.33. The molecule has 2 aromatic rings. The van der Waals surface area contributed by atoms with Gasteiger partial charge in [-0.05, 0) is 29.8 Å². The van der Waals surface area contributed by atoms with Gasteiger partial charge >= 0.3 is 0 Å². The molecule has 0 atom stereocenters. The second-order valence-electron chi connectivity index (χ2n) is 5.58. The third kappa shape index (κ3) is 5.55. The standard InChI is InChI=1S/C18H22N2O5S/c1-20(13-15-5-3-2-4-6-15)26(23,24)17-9-7-16(8-10-17)25-14-18(22)19-11-12-21/h2-10,21H,11-14H2,1H3,(H,19,22). The summed E-state index contributed by atoms with van der Waals surface area (Å²) in [6.45, 7) is 0.0778. The summed E-state index contributed by atoms with van der Waals surface area (Å²) in [6, 6.07) is 15.2. The zero-order chi connectivity index (χ0) is 19.0. The summed E-state index contributed by atoms with van der Waals surface area (Å²) < 4.78 is 31.8. The Morgan fingerprint density at radius 1 is 1.12 bits per heavy atom. The van der Waals surface area contributed by atoms with Gasteiger partial charge in [-0.3, -0.25) is 4.79 Å². The highest BCUT2D eigenvalue weighted by atomic mass is 32.2. The van der Waals surface area contributed by atoms with Crippen molar-refractivity contribution in [1.82, 2.24) is 9.62 Å². The molecule has 0 fully saturated rings. The minimum atomic E-state index is -3.63. The van der Waals surface area contributed by atoms with E-state index in [2.05, 4.69) is 5.32 Å². The highest BCUT2D eigenvalue weighted by Gasteiger charge is 2.20. The van der Waals surface area contributed by atoms with Crippen molar-refractivity contribution in [3.05, 3.63) is 60.2 Å². The summed E-state index contributed by atoms with van der Waals surface area (Å²) in [5, 5.41) is 11.1. The van der Waals surface area contributed by atoms with E-state index in [0.29, 0.717) is 5.75 Å². The smallest absolute Gasteiger partial charge is 0.258 e. The molecule has 2 rings (SSSR count). The first-order valence-electron chi connectivity index (χ1n) is 8.04. The molecule has 1 amide bonds. The summed E-state index contributed by atoms with van der Waals surface area (Å²) >= 11 is 0. The van der Waals surface area contributed by atoms with Crippen molar-refractivity contribution in [3.8, 4) is 5.75 Å². The molecular weight excluding hydrogens is 356 g/mol. The number of hydrogen-bond acceptors (Lipinski definition) is 5. The van der Waals surface area contributed by atoms with Crippen LogP contribution in [0.25, 0.3) is 0 Å². The van der Waals surface area contributed by atoms with Crippen LogP contribution in [0.5, 0.6) is 5.75 Å². The maximum Gasteiger partial charge on any atom is 0.258 e. The molecule has 0 aliphatic rings. The van der Waals surface area contributed by atoms with E-state index >= 15 is 0 Å². The van der Waals surface area contributed by atoms with Crippen LogP contribution in [0.15, 0.2) is 59.5 Å². The Kier molecular flexibility index (Phi) is 7.14. The predicted octanol–water partition coefficient (Wildman–Crippen LogP) is 0.995. The highest BCUT2D eigenvalue weighted by molar-refractivity contribution is 7.89. The van der Waals surface area contributed by atoms with Gasteiger partial charge in [0.25, 0.3) is 5.91 Å². The SMILES string of the molecule is CN(Cc1ccccc1)S(=O)(=O)c1ccc(OCC(=O)NCCO)cc1. The molecule has 0 aliphatic heterocycles. The molecule has 0 aliphatic carbocycles. The Bertz CT molecular complexity index is 807. The van der Waals surface area contributed by atoms with Crippen LogP contribution < -0.4 is 10.1 Å². The molecule has 8 heteroatoms. The van der Waals surface area contributed by atoms with E-state index < -0.39 is 10.0 Å². The number of benzene rings is 2. The average molecular weight is 378 g/mol. The average Bonchev–Trinajstić information content (AvgIpc) is 2.65. The zero-order valence-corrected chi connectivity index (χ0v) is 15.3. The minimum Gasteiger partial charge on any atom is -0.484 e. The number of ether oxygens (including phenoxy) is 1. The first-order chi connectivity index (χ1) is 12.4. The van der Waals surface area contributed by atoms with Crippen molar-refractivity contribution in [2.45, 2.75) is 11.4 Å². The topological polar surface area (TPSA) is 95.9 Å². The number of amides is 1. The lowest BCUT2D eigenvalue weighted by atomic mass is 10.2. The largest absolute Gasteiger partial charge is 0.484 e. The molecule has 0 saturated heterocycles. The van der Waals surface area contributed by atoms with Crippen LogP contribution in [0.4, 0.5) is 0 Å². The van der Waals surface area contributed by atoms with Crippen LogP contribution in [-0.4, -0.2) is 50.5 Å². The van der Waals surface area contributed by atoms with Crippen molar-refractivity contribution in [2.24, 2.45) is 0 Å². The van der Waals surface area contributed by atoms with Crippen molar-refractivity contribution >= 4 is 15.9 Å². The number of nitrogens with zero attached hydrogens (tertiary/aromatic N) is 1. The Balaban J connectivity index is 1.98. The minimum absolute atomic E-state index is 0.144. The summed E-state index contributed by atoms with van der Waals surface area (Å²) in [5.74, 6) is 0.0205. The molecule has 0 radical (unpaired) electrons. The zero-order valence-electron chi connectivity index (χ0n) is 14.5. The normalized spacial score (nSPS) is 11.3. The third-order valence-electron chi connectivity index (χ3n) is 3.58. The number of aliphatic hydroxyl groups excluding tert-OH is 1. The number of nitrogens with one attached hydrogen (secondary N) is 1. The van der Waals surface area contributed by atoms with Gasteiger partial charge in [0.05, 0.1) is 11.5 Å². The lowest BCUT2D eigenvalue weighted by Crippen LogP contribution is -2.31. The quantitative estimate of drug-likeness (QED) is 0.679. The van der Waals surface area contributed by atoms with Gasteiger partial charge in [0.2, 0.25) is 10.0 Å². The molecule has 0 heterocycles. The Labute approximate surface area is 153 Å². The maximum atomic E-state index is 12.6. The van der Waals surface area contributed by atoms with Crippen LogP contribution in [0, 0.1) is 0 Å². The Morgan fingerprint density at radius 2 is 1.77 bits per heavy atom. The molecule has 0 bridgehead atoms. The molecule has 140 valence electrons.